The van der Waals surface area contributed by atoms with Crippen LogP contribution in [0, 0.1) is 0 Å². The molecule has 0 aromatic heterocycles. The number of esters is 2. The molecular formula is C20H21NO5. The Kier molecular flexibility index (Phi) is 5.35. The second-order valence-corrected chi connectivity index (χ2v) is 6.22. The lowest BCUT2D eigenvalue weighted by atomic mass is 10.0. The fourth-order valence-electron chi connectivity index (χ4n) is 3.35. The largest absolute Gasteiger partial charge is 0.465 e. The molecule has 6 heteroatoms. The van der Waals surface area contributed by atoms with Gasteiger partial charge in [0.1, 0.15) is 0 Å². The maximum atomic E-state index is 11.5. The Labute approximate surface area is 151 Å². The van der Waals surface area contributed by atoms with E-state index in [0.29, 0.717) is 11.1 Å². The van der Waals surface area contributed by atoms with Crippen molar-refractivity contribution in [3.63, 3.8) is 0 Å². The van der Waals surface area contributed by atoms with E-state index in [1.54, 1.807) is 24.3 Å². The van der Waals surface area contributed by atoms with Crippen molar-refractivity contribution in [3.8, 4) is 0 Å². The summed E-state index contributed by atoms with van der Waals surface area (Å²) in [4.78, 5) is 23.1. The molecule has 0 aliphatic carbocycles. The van der Waals surface area contributed by atoms with Crippen LogP contribution in [0.25, 0.3) is 0 Å². The molecule has 2 atom stereocenters. The van der Waals surface area contributed by atoms with E-state index in [0.717, 1.165) is 24.0 Å². The molecule has 1 aliphatic heterocycles. The zero-order valence-electron chi connectivity index (χ0n) is 14.7. The van der Waals surface area contributed by atoms with E-state index >= 15 is 0 Å². The number of benzene rings is 2. The van der Waals surface area contributed by atoms with Gasteiger partial charge in [-0.15, -0.1) is 0 Å². The van der Waals surface area contributed by atoms with Gasteiger partial charge in [0.05, 0.1) is 37.4 Å². The molecular weight excluding hydrogens is 334 g/mol. The molecule has 1 saturated heterocycles. The van der Waals surface area contributed by atoms with Gasteiger partial charge in [0.25, 0.3) is 0 Å². The van der Waals surface area contributed by atoms with Gasteiger partial charge in [0.15, 0.2) is 0 Å². The van der Waals surface area contributed by atoms with Crippen molar-refractivity contribution in [1.29, 1.82) is 0 Å². The third kappa shape index (κ3) is 3.47. The molecule has 2 aromatic carbocycles. The van der Waals surface area contributed by atoms with Crippen molar-refractivity contribution in [2.24, 2.45) is 0 Å². The summed E-state index contributed by atoms with van der Waals surface area (Å²) in [6.45, 7) is 0. The third-order valence-corrected chi connectivity index (χ3v) is 4.79. The van der Waals surface area contributed by atoms with Gasteiger partial charge in [0, 0.05) is 0 Å². The average Bonchev–Trinajstić information content (AvgIpc) is 3.08. The number of ether oxygens (including phenoxy) is 2. The van der Waals surface area contributed by atoms with Gasteiger partial charge in [-0.25, -0.2) is 9.59 Å². The summed E-state index contributed by atoms with van der Waals surface area (Å²) in [6, 6.07) is 13.9. The molecule has 0 radical (unpaired) electrons. The van der Waals surface area contributed by atoms with Gasteiger partial charge in [-0.1, -0.05) is 24.3 Å². The van der Waals surface area contributed by atoms with Crippen LogP contribution in [0.5, 0.6) is 0 Å². The highest BCUT2D eigenvalue weighted by Gasteiger charge is 2.34. The summed E-state index contributed by atoms with van der Waals surface area (Å²) >= 11 is 0. The Bertz CT molecular complexity index is 717. The van der Waals surface area contributed by atoms with Crippen LogP contribution in [0.1, 0.15) is 56.8 Å². The highest BCUT2D eigenvalue weighted by molar-refractivity contribution is 5.89. The zero-order chi connectivity index (χ0) is 18.7. The summed E-state index contributed by atoms with van der Waals surface area (Å²) in [5.74, 6) is -0.764. The first-order valence-electron chi connectivity index (χ1n) is 8.39. The number of hydrogen-bond donors (Lipinski definition) is 1. The molecule has 6 nitrogen and oxygen atoms in total. The zero-order valence-corrected chi connectivity index (χ0v) is 14.7. The van der Waals surface area contributed by atoms with E-state index in [1.165, 1.54) is 19.3 Å². The van der Waals surface area contributed by atoms with Crippen molar-refractivity contribution in [3.05, 3.63) is 70.8 Å². The van der Waals surface area contributed by atoms with Crippen LogP contribution in [0.4, 0.5) is 0 Å². The van der Waals surface area contributed by atoms with Gasteiger partial charge < -0.3 is 14.7 Å². The Morgan fingerprint density at radius 2 is 1.15 bits per heavy atom. The minimum atomic E-state index is -0.382. The molecule has 1 N–H and O–H groups in total. The van der Waals surface area contributed by atoms with Crippen LogP contribution >= 0.6 is 0 Å². The summed E-state index contributed by atoms with van der Waals surface area (Å²) in [5.41, 5.74) is 2.84. The molecule has 0 bridgehead atoms. The monoisotopic (exact) mass is 355 g/mol. The van der Waals surface area contributed by atoms with Crippen LogP contribution in [0.15, 0.2) is 48.5 Å². The number of hydroxylamine groups is 2. The molecule has 0 spiro atoms. The molecule has 26 heavy (non-hydrogen) atoms. The molecule has 3 rings (SSSR count). The van der Waals surface area contributed by atoms with Gasteiger partial charge in [-0.2, -0.15) is 5.06 Å². The van der Waals surface area contributed by atoms with Crippen molar-refractivity contribution in [2.45, 2.75) is 24.9 Å². The minimum absolute atomic E-state index is 0.146. The molecule has 2 unspecified atom stereocenters. The fraction of sp³-hybridized carbons (Fsp3) is 0.300. The third-order valence-electron chi connectivity index (χ3n) is 4.79. The lowest BCUT2D eigenvalue weighted by Crippen LogP contribution is -2.22. The van der Waals surface area contributed by atoms with Gasteiger partial charge >= 0.3 is 11.9 Å². The SMILES string of the molecule is COC(=O)c1ccc(C2CCC(c3ccc(C(=O)OC)cc3)N2O)cc1. The Balaban J connectivity index is 1.74. The number of hydrogen-bond acceptors (Lipinski definition) is 6. The smallest absolute Gasteiger partial charge is 0.337 e. The van der Waals surface area contributed by atoms with Crippen molar-refractivity contribution < 1.29 is 24.3 Å². The van der Waals surface area contributed by atoms with Gasteiger partial charge in [-0.05, 0) is 48.2 Å². The Morgan fingerprint density at radius 1 is 0.808 bits per heavy atom. The van der Waals surface area contributed by atoms with E-state index in [2.05, 4.69) is 0 Å². The number of carbonyl (C=O) groups is 2. The van der Waals surface area contributed by atoms with Crippen molar-refractivity contribution in [1.82, 2.24) is 5.06 Å². The van der Waals surface area contributed by atoms with E-state index in [4.69, 9.17) is 9.47 Å². The highest BCUT2D eigenvalue weighted by atomic mass is 16.5. The summed E-state index contributed by atoms with van der Waals surface area (Å²) in [7, 11) is 2.69. The Hall–Kier alpha value is -2.70. The lowest BCUT2D eigenvalue weighted by molar-refractivity contribution is -0.137. The van der Waals surface area contributed by atoms with Crippen LogP contribution in [-0.2, 0) is 9.47 Å². The molecule has 136 valence electrons. The molecule has 0 amide bonds. The molecule has 1 fully saturated rings. The highest BCUT2D eigenvalue weighted by Crippen LogP contribution is 2.42. The van der Waals surface area contributed by atoms with Crippen molar-refractivity contribution in [2.75, 3.05) is 14.2 Å². The first-order valence-corrected chi connectivity index (χ1v) is 8.39. The second-order valence-electron chi connectivity index (χ2n) is 6.22. The summed E-state index contributed by atoms with van der Waals surface area (Å²) in [5, 5.41) is 12.0. The maximum absolute atomic E-state index is 11.5. The van der Waals surface area contributed by atoms with E-state index in [1.807, 2.05) is 24.3 Å². The van der Waals surface area contributed by atoms with Crippen LogP contribution < -0.4 is 0 Å². The van der Waals surface area contributed by atoms with Crippen LogP contribution in [0.2, 0.25) is 0 Å². The standard InChI is InChI=1S/C20H21NO5/c1-25-19(22)15-7-3-13(4-8-15)17-11-12-18(21(17)24)14-5-9-16(10-6-14)20(23)26-2/h3-10,17-18,24H,11-12H2,1-2H3. The van der Waals surface area contributed by atoms with E-state index < -0.39 is 0 Å². The predicted molar refractivity (Wildman–Crippen MR) is 93.9 cm³/mol. The number of methoxy groups -OCH3 is 2. The van der Waals surface area contributed by atoms with Gasteiger partial charge in [-0.3, -0.25) is 0 Å². The Morgan fingerprint density at radius 3 is 1.46 bits per heavy atom. The quantitative estimate of drug-likeness (QED) is 0.846. The average molecular weight is 355 g/mol. The molecule has 2 aromatic rings. The summed E-state index contributed by atoms with van der Waals surface area (Å²) in [6.07, 6.45) is 1.58. The van der Waals surface area contributed by atoms with Crippen LogP contribution in [-0.4, -0.2) is 36.4 Å². The van der Waals surface area contributed by atoms with E-state index in [9.17, 15) is 14.8 Å². The second kappa shape index (κ2) is 7.68. The van der Waals surface area contributed by atoms with Gasteiger partial charge in [0.2, 0.25) is 0 Å². The number of rotatable bonds is 4. The molecule has 1 heterocycles. The fourth-order valence-corrected chi connectivity index (χ4v) is 3.35. The number of carbonyl (C=O) groups excluding carboxylic acids is 2. The number of nitrogens with zero attached hydrogens (tertiary/aromatic N) is 1. The van der Waals surface area contributed by atoms with E-state index in [-0.39, 0.29) is 24.0 Å². The maximum Gasteiger partial charge on any atom is 0.337 e. The van der Waals surface area contributed by atoms with Crippen molar-refractivity contribution >= 4 is 11.9 Å². The minimum Gasteiger partial charge on any atom is -0.465 e. The van der Waals surface area contributed by atoms with Crippen LogP contribution in [0.3, 0.4) is 0 Å². The predicted octanol–water partition coefficient (Wildman–Crippen LogP) is 3.53. The first kappa shape index (κ1) is 18.1. The topological polar surface area (TPSA) is 76.1 Å². The normalized spacial score (nSPS) is 20.0. The summed E-state index contributed by atoms with van der Waals surface area (Å²) < 4.78 is 9.40. The molecule has 1 aliphatic rings. The first-order chi connectivity index (χ1) is 12.5. The lowest BCUT2D eigenvalue weighted by Gasteiger charge is -2.24. The molecule has 0 saturated carbocycles.